The van der Waals surface area contributed by atoms with E-state index in [9.17, 15) is 0 Å². The Bertz CT molecular complexity index is 467. The van der Waals surface area contributed by atoms with Crippen molar-refractivity contribution in [3.63, 3.8) is 0 Å². The highest BCUT2D eigenvalue weighted by atomic mass is 79.9. The van der Waals surface area contributed by atoms with Crippen LogP contribution in [0.25, 0.3) is 0 Å². The molecule has 1 nitrogen and oxygen atoms in total. The summed E-state index contributed by atoms with van der Waals surface area (Å²) in [5.41, 5.74) is 8.13. The normalized spacial score (nSPS) is 41.7. The molecule has 4 aliphatic carbocycles. The highest BCUT2D eigenvalue weighted by Crippen LogP contribution is 2.59. The standard InChI is InChI=1S/C16H22BrNS/c1-8-13(7-14(17)19-8)16(18)15-11-3-9-2-10(5-11)6-12(15)4-9/h7,9-12,15-16H,2-6,18H2,1H3. The number of halogens is 1. The third-order valence-corrected chi connectivity index (χ3v) is 7.57. The van der Waals surface area contributed by atoms with E-state index in [1.807, 2.05) is 11.3 Å². The molecule has 2 N–H and O–H groups in total. The van der Waals surface area contributed by atoms with Crippen molar-refractivity contribution in [1.82, 2.24) is 0 Å². The molecule has 1 aromatic heterocycles. The van der Waals surface area contributed by atoms with Crippen molar-refractivity contribution in [3.05, 3.63) is 20.3 Å². The van der Waals surface area contributed by atoms with E-state index in [-0.39, 0.29) is 6.04 Å². The van der Waals surface area contributed by atoms with Gasteiger partial charge in [-0.25, -0.2) is 0 Å². The zero-order valence-electron chi connectivity index (χ0n) is 11.4. The molecule has 4 fully saturated rings. The first kappa shape index (κ1) is 12.8. The summed E-state index contributed by atoms with van der Waals surface area (Å²) in [6.07, 6.45) is 7.40. The van der Waals surface area contributed by atoms with Crippen LogP contribution in [-0.2, 0) is 0 Å². The van der Waals surface area contributed by atoms with Gasteiger partial charge in [0.2, 0.25) is 0 Å². The summed E-state index contributed by atoms with van der Waals surface area (Å²) < 4.78 is 1.24. The van der Waals surface area contributed by atoms with Crippen molar-refractivity contribution in [1.29, 1.82) is 0 Å². The molecule has 1 heterocycles. The first-order valence-electron chi connectivity index (χ1n) is 7.63. The maximum atomic E-state index is 6.72. The first-order valence-corrected chi connectivity index (χ1v) is 9.24. The van der Waals surface area contributed by atoms with Gasteiger partial charge in [0.15, 0.2) is 0 Å². The summed E-state index contributed by atoms with van der Waals surface area (Å²) in [5, 5.41) is 0. The highest BCUT2D eigenvalue weighted by Gasteiger charge is 2.50. The van der Waals surface area contributed by atoms with Gasteiger partial charge in [-0.05, 0) is 96.2 Å². The molecule has 0 amide bonds. The van der Waals surface area contributed by atoms with Crippen LogP contribution < -0.4 is 5.73 Å². The molecule has 4 aliphatic rings. The summed E-state index contributed by atoms with van der Waals surface area (Å²) in [6.45, 7) is 2.22. The van der Waals surface area contributed by atoms with Crippen LogP contribution in [0.5, 0.6) is 0 Å². The third-order valence-electron chi connectivity index (χ3n) is 6.00. The molecule has 4 bridgehead atoms. The lowest BCUT2D eigenvalue weighted by Gasteiger charge is -2.56. The molecular formula is C16H22BrNS. The second-order valence-electron chi connectivity index (χ2n) is 7.10. The molecule has 104 valence electrons. The van der Waals surface area contributed by atoms with E-state index < -0.39 is 0 Å². The topological polar surface area (TPSA) is 26.0 Å². The monoisotopic (exact) mass is 339 g/mol. The smallest absolute Gasteiger partial charge is 0.0704 e. The second-order valence-corrected chi connectivity index (χ2v) is 9.73. The Morgan fingerprint density at radius 2 is 1.74 bits per heavy atom. The van der Waals surface area contributed by atoms with Crippen molar-refractivity contribution >= 4 is 27.3 Å². The largest absolute Gasteiger partial charge is 0.324 e. The fourth-order valence-electron chi connectivity index (χ4n) is 5.55. The zero-order chi connectivity index (χ0) is 13.1. The lowest BCUT2D eigenvalue weighted by molar-refractivity contribution is -0.0471. The minimum atomic E-state index is 0.276. The Hall–Kier alpha value is 0.140. The Morgan fingerprint density at radius 3 is 2.21 bits per heavy atom. The van der Waals surface area contributed by atoms with E-state index in [1.165, 1.54) is 46.3 Å². The number of hydrogen-bond acceptors (Lipinski definition) is 2. The minimum absolute atomic E-state index is 0.276. The van der Waals surface area contributed by atoms with Gasteiger partial charge < -0.3 is 5.73 Å². The van der Waals surface area contributed by atoms with Crippen molar-refractivity contribution in [2.24, 2.45) is 35.3 Å². The maximum absolute atomic E-state index is 6.72. The van der Waals surface area contributed by atoms with Crippen LogP contribution in [-0.4, -0.2) is 0 Å². The molecule has 5 rings (SSSR count). The van der Waals surface area contributed by atoms with E-state index in [0.29, 0.717) is 0 Å². The molecule has 0 aromatic carbocycles. The van der Waals surface area contributed by atoms with Gasteiger partial charge in [-0.15, -0.1) is 11.3 Å². The molecule has 0 radical (unpaired) electrons. The van der Waals surface area contributed by atoms with Gasteiger partial charge in [-0.1, -0.05) is 0 Å². The lowest BCUT2D eigenvalue weighted by atomic mass is 9.50. The van der Waals surface area contributed by atoms with Gasteiger partial charge in [0.05, 0.1) is 3.79 Å². The third kappa shape index (κ3) is 2.04. The van der Waals surface area contributed by atoms with E-state index in [4.69, 9.17) is 5.73 Å². The lowest BCUT2D eigenvalue weighted by Crippen LogP contribution is -2.48. The molecule has 19 heavy (non-hydrogen) atoms. The van der Waals surface area contributed by atoms with Crippen LogP contribution in [0.4, 0.5) is 0 Å². The van der Waals surface area contributed by atoms with Gasteiger partial charge in [0.25, 0.3) is 0 Å². The number of rotatable bonds is 2. The minimum Gasteiger partial charge on any atom is -0.324 e. The number of nitrogens with two attached hydrogens (primary N) is 1. The Kier molecular flexibility index (Phi) is 3.09. The summed E-state index contributed by atoms with van der Waals surface area (Å²) in [5.74, 6) is 4.68. The van der Waals surface area contributed by atoms with Crippen molar-refractivity contribution in [2.75, 3.05) is 0 Å². The summed E-state index contributed by atoms with van der Waals surface area (Å²) in [4.78, 5) is 1.41. The molecule has 0 spiro atoms. The average Bonchev–Trinajstić information content (AvgIpc) is 2.66. The Morgan fingerprint density at radius 1 is 1.16 bits per heavy atom. The van der Waals surface area contributed by atoms with Gasteiger partial charge in [-0.2, -0.15) is 0 Å². The maximum Gasteiger partial charge on any atom is 0.0704 e. The van der Waals surface area contributed by atoms with Crippen molar-refractivity contribution in [2.45, 2.75) is 45.1 Å². The van der Waals surface area contributed by atoms with Crippen LogP contribution in [0.2, 0.25) is 0 Å². The van der Waals surface area contributed by atoms with Crippen LogP contribution >= 0.6 is 27.3 Å². The predicted octanol–water partition coefficient (Wildman–Crippen LogP) is 4.89. The molecule has 3 heteroatoms. The van der Waals surface area contributed by atoms with Crippen LogP contribution in [0.1, 0.15) is 48.6 Å². The average molecular weight is 340 g/mol. The Balaban J connectivity index is 1.63. The van der Waals surface area contributed by atoms with Gasteiger partial charge in [0, 0.05) is 10.9 Å². The second kappa shape index (κ2) is 4.57. The number of aryl methyl sites for hydroxylation is 1. The summed E-state index contributed by atoms with van der Waals surface area (Å²) >= 11 is 5.45. The summed E-state index contributed by atoms with van der Waals surface area (Å²) in [6, 6.07) is 2.55. The molecule has 4 saturated carbocycles. The van der Waals surface area contributed by atoms with Crippen LogP contribution in [0.15, 0.2) is 9.85 Å². The summed E-state index contributed by atoms with van der Waals surface area (Å²) in [7, 11) is 0. The Labute approximate surface area is 128 Å². The van der Waals surface area contributed by atoms with Gasteiger partial charge >= 0.3 is 0 Å². The SMILES string of the molecule is Cc1sc(Br)cc1C(N)C1C2CC3CC(C2)CC1C3. The van der Waals surface area contributed by atoms with Crippen LogP contribution in [0, 0.1) is 36.5 Å². The van der Waals surface area contributed by atoms with Gasteiger partial charge in [0.1, 0.15) is 0 Å². The van der Waals surface area contributed by atoms with Crippen molar-refractivity contribution < 1.29 is 0 Å². The number of thiophene rings is 1. The zero-order valence-corrected chi connectivity index (χ0v) is 13.8. The van der Waals surface area contributed by atoms with E-state index in [0.717, 1.165) is 29.6 Å². The quantitative estimate of drug-likeness (QED) is 0.815. The molecule has 1 unspecified atom stereocenters. The molecular weight excluding hydrogens is 318 g/mol. The predicted molar refractivity (Wildman–Crippen MR) is 84.2 cm³/mol. The van der Waals surface area contributed by atoms with Gasteiger partial charge in [-0.3, -0.25) is 0 Å². The molecule has 0 aliphatic heterocycles. The molecule has 1 aromatic rings. The van der Waals surface area contributed by atoms with E-state index >= 15 is 0 Å². The van der Waals surface area contributed by atoms with Crippen LogP contribution in [0.3, 0.4) is 0 Å². The first-order chi connectivity index (χ1) is 9.11. The molecule has 1 atom stereocenters. The number of hydrogen-bond donors (Lipinski definition) is 1. The fraction of sp³-hybridized carbons (Fsp3) is 0.750. The van der Waals surface area contributed by atoms with Crippen molar-refractivity contribution in [3.8, 4) is 0 Å². The highest BCUT2D eigenvalue weighted by molar-refractivity contribution is 9.11. The van der Waals surface area contributed by atoms with E-state index in [1.54, 1.807) is 0 Å². The van der Waals surface area contributed by atoms with E-state index in [2.05, 4.69) is 28.9 Å². The molecule has 0 saturated heterocycles. The fourth-order valence-corrected chi connectivity index (χ4v) is 7.32.